The van der Waals surface area contributed by atoms with E-state index in [0.717, 1.165) is 31.4 Å². The van der Waals surface area contributed by atoms with Crippen LogP contribution in [0.2, 0.25) is 0 Å². The quantitative estimate of drug-likeness (QED) is 0.890. The number of nitrogens with zero attached hydrogens (tertiary/aromatic N) is 1. The fourth-order valence-corrected chi connectivity index (χ4v) is 3.58. The van der Waals surface area contributed by atoms with Crippen molar-refractivity contribution >= 4 is 0 Å². The summed E-state index contributed by atoms with van der Waals surface area (Å²) in [6, 6.07) is 4.14. The summed E-state index contributed by atoms with van der Waals surface area (Å²) in [6.45, 7) is 4.99. The Kier molecular flexibility index (Phi) is 3.35. The second kappa shape index (κ2) is 4.88. The summed E-state index contributed by atoms with van der Waals surface area (Å²) >= 11 is 0. The number of aromatic nitrogens is 1. The minimum Gasteiger partial charge on any atom is -0.389 e. The van der Waals surface area contributed by atoms with E-state index in [1.54, 1.807) is 0 Å². The van der Waals surface area contributed by atoms with E-state index in [4.69, 9.17) is 4.74 Å². The maximum atomic E-state index is 11.1. The number of pyridine rings is 1. The van der Waals surface area contributed by atoms with E-state index >= 15 is 0 Å². The third-order valence-corrected chi connectivity index (χ3v) is 4.77. The summed E-state index contributed by atoms with van der Waals surface area (Å²) in [5.74, 6) is 0.644. The highest BCUT2D eigenvalue weighted by atomic mass is 16.5. The summed E-state index contributed by atoms with van der Waals surface area (Å²) in [4.78, 5) is 4.53. The maximum Gasteiger partial charge on any atom is 0.0777 e. The highest BCUT2D eigenvalue weighted by Gasteiger charge is 2.45. The molecule has 0 radical (unpaired) electrons. The van der Waals surface area contributed by atoms with Gasteiger partial charge in [0, 0.05) is 37.3 Å². The number of hydrogen-bond acceptors (Lipinski definition) is 3. The zero-order valence-corrected chi connectivity index (χ0v) is 11.8. The maximum absolute atomic E-state index is 11.1. The van der Waals surface area contributed by atoms with Crippen LogP contribution in [0.1, 0.15) is 50.3 Å². The Morgan fingerprint density at radius 3 is 3.11 bits per heavy atom. The molecule has 1 aromatic rings. The molecule has 1 aliphatic heterocycles. The number of rotatable bonds is 2. The molecule has 0 aromatic carbocycles. The van der Waals surface area contributed by atoms with Crippen LogP contribution in [0.4, 0.5) is 0 Å². The van der Waals surface area contributed by atoms with Crippen molar-refractivity contribution in [2.45, 2.75) is 57.2 Å². The minimum absolute atomic E-state index is 0.173. The number of hydrogen-bond donors (Lipinski definition) is 1. The molecule has 1 fully saturated rings. The van der Waals surface area contributed by atoms with Gasteiger partial charge in [0.2, 0.25) is 0 Å². The van der Waals surface area contributed by atoms with Crippen LogP contribution in [0, 0.1) is 5.92 Å². The Bertz CT molecular complexity index is 460. The van der Waals surface area contributed by atoms with Gasteiger partial charge in [0.1, 0.15) is 0 Å². The van der Waals surface area contributed by atoms with Crippen molar-refractivity contribution in [1.29, 1.82) is 0 Å². The molecular weight excluding hydrogens is 238 g/mol. The lowest BCUT2D eigenvalue weighted by molar-refractivity contribution is -0.128. The largest absolute Gasteiger partial charge is 0.389 e. The van der Waals surface area contributed by atoms with Crippen LogP contribution >= 0.6 is 0 Å². The van der Waals surface area contributed by atoms with Gasteiger partial charge in [-0.1, -0.05) is 19.9 Å². The van der Waals surface area contributed by atoms with E-state index in [-0.39, 0.29) is 12.0 Å². The van der Waals surface area contributed by atoms with Crippen molar-refractivity contribution < 1.29 is 9.84 Å². The first-order valence-corrected chi connectivity index (χ1v) is 7.38. The monoisotopic (exact) mass is 261 g/mol. The molecule has 3 nitrogen and oxygen atoms in total. The lowest BCUT2D eigenvalue weighted by Gasteiger charge is -2.42. The van der Waals surface area contributed by atoms with Crippen molar-refractivity contribution in [1.82, 2.24) is 4.98 Å². The van der Waals surface area contributed by atoms with Gasteiger partial charge in [-0.3, -0.25) is 4.98 Å². The lowest BCUT2D eigenvalue weighted by atomic mass is 9.76. The van der Waals surface area contributed by atoms with Gasteiger partial charge in [-0.15, -0.1) is 0 Å². The molecule has 3 heteroatoms. The smallest absolute Gasteiger partial charge is 0.0777 e. The van der Waals surface area contributed by atoms with E-state index in [1.165, 1.54) is 5.56 Å². The third-order valence-electron chi connectivity index (χ3n) is 4.77. The Morgan fingerprint density at radius 2 is 2.32 bits per heavy atom. The molecule has 0 spiro atoms. The molecule has 3 unspecified atom stereocenters. The van der Waals surface area contributed by atoms with E-state index in [2.05, 4.69) is 24.9 Å². The molecule has 1 aromatic heterocycles. The molecule has 1 N–H and O–H groups in total. The average Bonchev–Trinajstić information content (AvgIpc) is 2.83. The van der Waals surface area contributed by atoms with Crippen LogP contribution in [0.15, 0.2) is 18.3 Å². The molecule has 3 rings (SSSR count). The molecule has 104 valence electrons. The summed E-state index contributed by atoms with van der Waals surface area (Å²) in [7, 11) is 0. The second-order valence-electron chi connectivity index (χ2n) is 6.35. The van der Waals surface area contributed by atoms with Crippen LogP contribution in [0.25, 0.3) is 0 Å². The van der Waals surface area contributed by atoms with Crippen molar-refractivity contribution in [2.75, 3.05) is 6.61 Å². The second-order valence-corrected chi connectivity index (χ2v) is 6.35. The topological polar surface area (TPSA) is 42.4 Å². The Labute approximate surface area is 115 Å². The van der Waals surface area contributed by atoms with Crippen LogP contribution in [-0.4, -0.2) is 28.4 Å². The van der Waals surface area contributed by atoms with Crippen molar-refractivity contribution in [2.24, 2.45) is 5.92 Å². The van der Waals surface area contributed by atoms with Gasteiger partial charge in [-0.2, -0.15) is 0 Å². The highest BCUT2D eigenvalue weighted by Crippen LogP contribution is 2.45. The number of aliphatic hydroxyl groups is 1. The number of fused-ring (bicyclic) bond motifs is 1. The average molecular weight is 261 g/mol. The Balaban J connectivity index is 1.85. The molecule has 0 saturated carbocycles. The summed E-state index contributed by atoms with van der Waals surface area (Å²) in [5.41, 5.74) is 1.80. The van der Waals surface area contributed by atoms with Crippen LogP contribution in [-0.2, 0) is 11.2 Å². The molecule has 2 aliphatic rings. The van der Waals surface area contributed by atoms with Gasteiger partial charge >= 0.3 is 0 Å². The SMILES string of the molecule is CC(C)C1CC(O)(C2CCc3cccnc32)CCO1. The lowest BCUT2D eigenvalue weighted by Crippen LogP contribution is -2.46. The van der Waals surface area contributed by atoms with E-state index in [1.807, 2.05) is 12.3 Å². The predicted octanol–water partition coefficient (Wildman–Crippen LogP) is 2.68. The fourth-order valence-electron chi connectivity index (χ4n) is 3.58. The van der Waals surface area contributed by atoms with Crippen LogP contribution in [0.3, 0.4) is 0 Å². The number of ether oxygens (including phenoxy) is 1. The first kappa shape index (κ1) is 13.1. The number of aryl methyl sites for hydroxylation is 1. The van der Waals surface area contributed by atoms with Gasteiger partial charge in [0.05, 0.1) is 11.7 Å². The molecule has 2 heterocycles. The van der Waals surface area contributed by atoms with Crippen molar-refractivity contribution in [3.63, 3.8) is 0 Å². The third kappa shape index (κ3) is 2.30. The molecule has 1 aliphatic carbocycles. The molecule has 0 bridgehead atoms. The van der Waals surface area contributed by atoms with Gasteiger partial charge in [0.15, 0.2) is 0 Å². The molecule has 0 amide bonds. The van der Waals surface area contributed by atoms with Crippen LogP contribution < -0.4 is 0 Å². The highest BCUT2D eigenvalue weighted by molar-refractivity contribution is 5.31. The first-order chi connectivity index (χ1) is 9.10. The summed E-state index contributed by atoms with van der Waals surface area (Å²) < 4.78 is 5.80. The Hall–Kier alpha value is -0.930. The van der Waals surface area contributed by atoms with Gasteiger partial charge in [-0.25, -0.2) is 0 Å². The zero-order chi connectivity index (χ0) is 13.5. The zero-order valence-electron chi connectivity index (χ0n) is 11.8. The van der Waals surface area contributed by atoms with Crippen molar-refractivity contribution in [3.05, 3.63) is 29.6 Å². The van der Waals surface area contributed by atoms with E-state index < -0.39 is 5.60 Å². The molecule has 3 atom stereocenters. The minimum atomic E-state index is -0.632. The van der Waals surface area contributed by atoms with E-state index in [0.29, 0.717) is 12.5 Å². The molecular formula is C16H23NO2. The fraction of sp³-hybridized carbons (Fsp3) is 0.688. The van der Waals surface area contributed by atoms with Gasteiger partial charge < -0.3 is 9.84 Å². The molecule has 19 heavy (non-hydrogen) atoms. The van der Waals surface area contributed by atoms with Crippen molar-refractivity contribution in [3.8, 4) is 0 Å². The summed E-state index contributed by atoms with van der Waals surface area (Å²) in [6.07, 6.45) is 5.56. The predicted molar refractivity (Wildman–Crippen MR) is 74.1 cm³/mol. The first-order valence-electron chi connectivity index (χ1n) is 7.38. The van der Waals surface area contributed by atoms with Gasteiger partial charge in [-0.05, 0) is 30.4 Å². The van der Waals surface area contributed by atoms with Gasteiger partial charge in [0.25, 0.3) is 0 Å². The standard InChI is InChI=1S/C16H23NO2/c1-11(2)14-10-16(18,7-9-19-14)13-6-5-12-4-3-8-17-15(12)13/h3-4,8,11,13-14,18H,5-7,9-10H2,1-2H3. The normalized spacial score (nSPS) is 34.5. The Morgan fingerprint density at radius 1 is 1.47 bits per heavy atom. The summed E-state index contributed by atoms with van der Waals surface area (Å²) in [5, 5.41) is 11.1. The van der Waals surface area contributed by atoms with Crippen LogP contribution in [0.5, 0.6) is 0 Å². The van der Waals surface area contributed by atoms with E-state index in [9.17, 15) is 5.11 Å². The molecule has 1 saturated heterocycles.